The first kappa shape index (κ1) is 18.8. The van der Waals surface area contributed by atoms with Crippen LogP contribution >= 0.6 is 11.8 Å². The third-order valence-corrected chi connectivity index (χ3v) is 4.52. The van der Waals surface area contributed by atoms with Crippen molar-refractivity contribution in [3.8, 4) is 0 Å². The van der Waals surface area contributed by atoms with Gasteiger partial charge in [-0.2, -0.15) is 11.8 Å². The molecule has 3 heteroatoms. The lowest BCUT2D eigenvalue weighted by molar-refractivity contribution is -0.120. The predicted molar refractivity (Wildman–Crippen MR) is 87.9 cm³/mol. The Morgan fingerprint density at radius 1 is 0.842 bits per heavy atom. The number of amides is 1. The Kier molecular flexibility index (Phi) is 15.7. The van der Waals surface area contributed by atoms with Gasteiger partial charge in [-0.15, -0.1) is 0 Å². The number of unbranched alkanes of at least 4 members (excludes halogenated alkanes) is 8. The molecule has 0 aromatic heterocycles. The van der Waals surface area contributed by atoms with Crippen molar-refractivity contribution in [1.82, 2.24) is 5.32 Å². The molecule has 0 atom stereocenters. The van der Waals surface area contributed by atoms with Crippen LogP contribution in [0.4, 0.5) is 0 Å². The van der Waals surface area contributed by atoms with Crippen LogP contribution in [-0.4, -0.2) is 24.5 Å². The van der Waals surface area contributed by atoms with Crippen molar-refractivity contribution >= 4 is 17.7 Å². The molecule has 0 saturated heterocycles. The molecule has 0 aliphatic heterocycles. The second kappa shape index (κ2) is 15.9. The van der Waals surface area contributed by atoms with E-state index in [0.717, 1.165) is 6.42 Å². The number of thioether (sulfide) groups is 1. The zero-order valence-corrected chi connectivity index (χ0v) is 13.8. The van der Waals surface area contributed by atoms with E-state index in [0.29, 0.717) is 6.42 Å². The zero-order chi connectivity index (χ0) is 14.2. The highest BCUT2D eigenvalue weighted by atomic mass is 32.2. The predicted octanol–water partition coefficient (Wildman–Crippen LogP) is 4.78. The third kappa shape index (κ3) is 15.8. The zero-order valence-electron chi connectivity index (χ0n) is 13.0. The summed E-state index contributed by atoms with van der Waals surface area (Å²) < 4.78 is 0. The minimum atomic E-state index is 0.181. The number of carbonyl (C=O) groups excluding carboxylic acids is 1. The van der Waals surface area contributed by atoms with Gasteiger partial charge in [0.05, 0.1) is 0 Å². The molecular weight excluding hydrogens is 254 g/mol. The minimum Gasteiger partial charge on any atom is -0.359 e. The molecule has 0 unspecified atom stereocenters. The molecule has 0 aromatic carbocycles. The van der Waals surface area contributed by atoms with E-state index in [1.54, 1.807) is 7.05 Å². The van der Waals surface area contributed by atoms with Gasteiger partial charge in [0.2, 0.25) is 5.91 Å². The monoisotopic (exact) mass is 287 g/mol. The van der Waals surface area contributed by atoms with Crippen molar-refractivity contribution in [1.29, 1.82) is 0 Å². The lowest BCUT2D eigenvalue weighted by atomic mass is 10.1. The SMILES string of the molecule is CCCCSCCCCCCCCCCC(=O)NC. The second-order valence-corrected chi connectivity index (χ2v) is 6.44. The molecule has 0 saturated carbocycles. The first-order chi connectivity index (χ1) is 9.31. The fraction of sp³-hybridized carbons (Fsp3) is 0.938. The normalized spacial score (nSPS) is 10.6. The number of rotatable bonds is 14. The average molecular weight is 288 g/mol. The second-order valence-electron chi connectivity index (χ2n) is 5.22. The third-order valence-electron chi connectivity index (χ3n) is 3.36. The number of carbonyl (C=O) groups is 1. The van der Waals surface area contributed by atoms with Crippen LogP contribution in [0, 0.1) is 0 Å². The molecule has 1 N–H and O–H groups in total. The summed E-state index contributed by atoms with van der Waals surface area (Å²) >= 11 is 2.12. The van der Waals surface area contributed by atoms with E-state index in [4.69, 9.17) is 0 Å². The van der Waals surface area contributed by atoms with Crippen LogP contribution in [-0.2, 0) is 4.79 Å². The fourth-order valence-corrected chi connectivity index (χ4v) is 3.13. The summed E-state index contributed by atoms with van der Waals surface area (Å²) in [6.07, 6.45) is 13.9. The number of hydrogen-bond donors (Lipinski definition) is 1. The van der Waals surface area contributed by atoms with Crippen molar-refractivity contribution in [2.45, 2.75) is 77.6 Å². The molecule has 19 heavy (non-hydrogen) atoms. The highest BCUT2D eigenvalue weighted by molar-refractivity contribution is 7.99. The van der Waals surface area contributed by atoms with Crippen molar-refractivity contribution in [3.63, 3.8) is 0 Å². The van der Waals surface area contributed by atoms with E-state index < -0.39 is 0 Å². The lowest BCUT2D eigenvalue weighted by Crippen LogP contribution is -2.16. The van der Waals surface area contributed by atoms with E-state index in [1.807, 2.05) is 0 Å². The topological polar surface area (TPSA) is 29.1 Å². The van der Waals surface area contributed by atoms with Crippen molar-refractivity contribution in [2.24, 2.45) is 0 Å². The molecule has 2 nitrogen and oxygen atoms in total. The Morgan fingerprint density at radius 3 is 1.95 bits per heavy atom. The molecule has 0 fully saturated rings. The van der Waals surface area contributed by atoms with Crippen molar-refractivity contribution < 1.29 is 4.79 Å². The van der Waals surface area contributed by atoms with Gasteiger partial charge in [-0.3, -0.25) is 4.79 Å². The van der Waals surface area contributed by atoms with Crippen LogP contribution in [0.2, 0.25) is 0 Å². The summed E-state index contributed by atoms with van der Waals surface area (Å²) in [5.41, 5.74) is 0. The average Bonchev–Trinajstić information content (AvgIpc) is 2.43. The summed E-state index contributed by atoms with van der Waals surface area (Å²) in [6.45, 7) is 2.26. The molecule has 0 aromatic rings. The summed E-state index contributed by atoms with van der Waals surface area (Å²) in [5, 5.41) is 2.67. The molecule has 0 rings (SSSR count). The maximum absolute atomic E-state index is 11.0. The van der Waals surface area contributed by atoms with E-state index in [9.17, 15) is 4.79 Å². The first-order valence-electron chi connectivity index (χ1n) is 8.09. The summed E-state index contributed by atoms with van der Waals surface area (Å²) in [7, 11) is 1.71. The van der Waals surface area contributed by atoms with Crippen LogP contribution in [0.25, 0.3) is 0 Å². The van der Waals surface area contributed by atoms with Gasteiger partial charge in [-0.05, 0) is 30.8 Å². The Labute approximate surface area is 124 Å². The van der Waals surface area contributed by atoms with E-state index >= 15 is 0 Å². The molecule has 0 aliphatic carbocycles. The molecular formula is C16H33NOS. The van der Waals surface area contributed by atoms with E-state index in [-0.39, 0.29) is 5.91 Å². The minimum absolute atomic E-state index is 0.181. The molecule has 1 amide bonds. The van der Waals surface area contributed by atoms with Gasteiger partial charge in [-0.1, -0.05) is 51.9 Å². The standard InChI is InChI=1S/C16H33NOS/c1-3-4-14-19-15-12-10-8-6-5-7-9-11-13-16(18)17-2/h3-15H2,1-2H3,(H,17,18). The molecule has 114 valence electrons. The van der Waals surface area contributed by atoms with Crippen molar-refractivity contribution in [2.75, 3.05) is 18.6 Å². The summed E-state index contributed by atoms with van der Waals surface area (Å²) in [4.78, 5) is 11.0. The highest BCUT2D eigenvalue weighted by Crippen LogP contribution is 2.12. The maximum atomic E-state index is 11.0. The molecule has 0 aliphatic rings. The smallest absolute Gasteiger partial charge is 0.219 e. The van der Waals surface area contributed by atoms with Gasteiger partial charge in [0, 0.05) is 13.5 Å². The molecule has 0 bridgehead atoms. The van der Waals surface area contributed by atoms with Gasteiger partial charge in [-0.25, -0.2) is 0 Å². The van der Waals surface area contributed by atoms with E-state index in [1.165, 1.54) is 69.3 Å². The molecule has 0 heterocycles. The van der Waals surface area contributed by atoms with Crippen molar-refractivity contribution in [3.05, 3.63) is 0 Å². The van der Waals surface area contributed by atoms with Crippen LogP contribution in [0.1, 0.15) is 77.6 Å². The fourth-order valence-electron chi connectivity index (χ4n) is 2.02. The Bertz CT molecular complexity index is 197. The Hall–Kier alpha value is -0.180. The first-order valence-corrected chi connectivity index (χ1v) is 9.25. The quantitative estimate of drug-likeness (QED) is 0.466. The van der Waals surface area contributed by atoms with Gasteiger partial charge in [0.1, 0.15) is 0 Å². The van der Waals surface area contributed by atoms with Gasteiger partial charge >= 0.3 is 0 Å². The van der Waals surface area contributed by atoms with Gasteiger partial charge < -0.3 is 5.32 Å². The highest BCUT2D eigenvalue weighted by Gasteiger charge is 1.97. The van der Waals surface area contributed by atoms with Crippen LogP contribution < -0.4 is 5.32 Å². The summed E-state index contributed by atoms with van der Waals surface area (Å²) in [5.74, 6) is 2.88. The number of nitrogens with one attached hydrogen (secondary N) is 1. The Morgan fingerprint density at radius 2 is 1.37 bits per heavy atom. The van der Waals surface area contributed by atoms with Crippen LogP contribution in [0.5, 0.6) is 0 Å². The number of hydrogen-bond acceptors (Lipinski definition) is 2. The van der Waals surface area contributed by atoms with Crippen LogP contribution in [0.3, 0.4) is 0 Å². The Balaban J connectivity index is 2.97. The van der Waals surface area contributed by atoms with Crippen LogP contribution in [0.15, 0.2) is 0 Å². The van der Waals surface area contributed by atoms with Gasteiger partial charge in [0.25, 0.3) is 0 Å². The van der Waals surface area contributed by atoms with Gasteiger partial charge in [0.15, 0.2) is 0 Å². The lowest BCUT2D eigenvalue weighted by Gasteiger charge is -2.03. The maximum Gasteiger partial charge on any atom is 0.219 e. The molecule has 0 radical (unpaired) electrons. The summed E-state index contributed by atoms with van der Waals surface area (Å²) in [6, 6.07) is 0. The van der Waals surface area contributed by atoms with E-state index in [2.05, 4.69) is 24.0 Å². The largest absolute Gasteiger partial charge is 0.359 e. The molecule has 0 spiro atoms.